The molecule has 0 aliphatic heterocycles. The first-order valence-corrected chi connectivity index (χ1v) is 4.81. The van der Waals surface area contributed by atoms with Gasteiger partial charge in [-0.25, -0.2) is 0 Å². The van der Waals surface area contributed by atoms with Crippen LogP contribution in [0.4, 0.5) is 0 Å². The summed E-state index contributed by atoms with van der Waals surface area (Å²) in [5.41, 5.74) is 7.17. The van der Waals surface area contributed by atoms with Crippen molar-refractivity contribution in [3.8, 4) is 11.4 Å². The van der Waals surface area contributed by atoms with Crippen molar-refractivity contribution in [3.63, 3.8) is 0 Å². The van der Waals surface area contributed by atoms with E-state index in [1.54, 1.807) is 0 Å². The van der Waals surface area contributed by atoms with Crippen LogP contribution in [0.15, 0.2) is 10.7 Å². The second-order valence-corrected chi connectivity index (χ2v) is 3.20. The summed E-state index contributed by atoms with van der Waals surface area (Å²) in [4.78, 5) is 4.15. The highest BCUT2D eigenvalue weighted by molar-refractivity contribution is 5.55. The molecule has 0 fully saturated rings. The smallest absolute Gasteiger partial charge is 0.240 e. The minimum atomic E-state index is 0.258. The summed E-state index contributed by atoms with van der Waals surface area (Å²) in [5.74, 6) is 0.987. The largest absolute Gasteiger partial charge is 0.338 e. The fourth-order valence-corrected chi connectivity index (χ4v) is 1.35. The van der Waals surface area contributed by atoms with E-state index < -0.39 is 0 Å². The van der Waals surface area contributed by atoms with Crippen LogP contribution in [0, 0.1) is 6.92 Å². The molecule has 0 saturated carbocycles. The Hall–Kier alpha value is -1.69. The van der Waals surface area contributed by atoms with Gasteiger partial charge in [0.2, 0.25) is 11.7 Å². The van der Waals surface area contributed by atoms with Crippen molar-refractivity contribution < 1.29 is 4.52 Å². The predicted octanol–water partition coefficient (Wildman–Crippen LogP) is 0.720. The fraction of sp³-hybridized carbons (Fsp3) is 0.444. The number of nitrogens with two attached hydrogens (primary N) is 1. The number of hydrogen-bond donors (Lipinski definition) is 1. The summed E-state index contributed by atoms with van der Waals surface area (Å²) >= 11 is 0. The van der Waals surface area contributed by atoms with Gasteiger partial charge in [0.05, 0.1) is 17.8 Å². The minimum absolute atomic E-state index is 0.258. The lowest BCUT2D eigenvalue weighted by molar-refractivity contribution is 0.380. The van der Waals surface area contributed by atoms with Crippen LogP contribution in [0.2, 0.25) is 0 Å². The number of aromatic nitrogens is 4. The zero-order valence-electron chi connectivity index (χ0n) is 8.77. The van der Waals surface area contributed by atoms with Crippen molar-refractivity contribution >= 4 is 0 Å². The molecule has 0 radical (unpaired) electrons. The second kappa shape index (κ2) is 3.82. The molecule has 0 atom stereocenters. The summed E-state index contributed by atoms with van der Waals surface area (Å²) < 4.78 is 6.78. The van der Waals surface area contributed by atoms with Gasteiger partial charge in [-0.3, -0.25) is 4.68 Å². The van der Waals surface area contributed by atoms with Gasteiger partial charge in [0, 0.05) is 12.7 Å². The van der Waals surface area contributed by atoms with Crippen molar-refractivity contribution in [1.82, 2.24) is 19.9 Å². The lowest BCUT2D eigenvalue weighted by Gasteiger charge is -1.89. The molecular formula is C9H13N5O. The highest BCUT2D eigenvalue weighted by atomic mass is 16.5. The van der Waals surface area contributed by atoms with Crippen molar-refractivity contribution in [2.24, 2.45) is 5.73 Å². The highest BCUT2D eigenvalue weighted by Crippen LogP contribution is 2.18. The van der Waals surface area contributed by atoms with Gasteiger partial charge in [-0.15, -0.1) is 0 Å². The molecule has 2 aromatic heterocycles. The summed E-state index contributed by atoms with van der Waals surface area (Å²) in [6, 6.07) is 0. The van der Waals surface area contributed by atoms with E-state index in [9.17, 15) is 0 Å². The van der Waals surface area contributed by atoms with Crippen LogP contribution in [-0.4, -0.2) is 19.9 Å². The topological polar surface area (TPSA) is 82.8 Å². The third-order valence-corrected chi connectivity index (χ3v) is 2.15. The standard InChI is InChI=1S/C9H13N5O/c1-3-14-5-7(6(2)12-14)9-11-8(4-10)15-13-9/h5H,3-4,10H2,1-2H3. The Bertz CT molecular complexity index is 459. The molecule has 80 valence electrons. The number of aryl methyl sites for hydroxylation is 2. The fourth-order valence-electron chi connectivity index (χ4n) is 1.35. The maximum atomic E-state index is 5.39. The Labute approximate surface area is 87.1 Å². The maximum Gasteiger partial charge on any atom is 0.240 e. The average molecular weight is 207 g/mol. The van der Waals surface area contributed by atoms with E-state index in [0.29, 0.717) is 11.7 Å². The Morgan fingerprint density at radius 3 is 2.87 bits per heavy atom. The average Bonchev–Trinajstić information content (AvgIpc) is 2.83. The zero-order chi connectivity index (χ0) is 10.8. The van der Waals surface area contributed by atoms with Gasteiger partial charge in [0.1, 0.15) is 0 Å². The molecule has 2 rings (SSSR count). The van der Waals surface area contributed by atoms with Gasteiger partial charge >= 0.3 is 0 Å². The molecule has 0 unspecified atom stereocenters. The van der Waals surface area contributed by atoms with E-state index in [1.165, 1.54) is 0 Å². The molecule has 15 heavy (non-hydrogen) atoms. The van der Waals surface area contributed by atoms with Crippen LogP contribution in [0.1, 0.15) is 18.5 Å². The van der Waals surface area contributed by atoms with Crippen LogP contribution < -0.4 is 5.73 Å². The first-order chi connectivity index (χ1) is 7.24. The molecule has 0 amide bonds. The Morgan fingerprint density at radius 1 is 1.53 bits per heavy atom. The summed E-state index contributed by atoms with van der Waals surface area (Å²) in [7, 11) is 0. The Balaban J connectivity index is 2.39. The van der Waals surface area contributed by atoms with E-state index >= 15 is 0 Å². The van der Waals surface area contributed by atoms with Gasteiger partial charge in [-0.05, 0) is 13.8 Å². The molecule has 6 nitrogen and oxygen atoms in total. The lowest BCUT2D eigenvalue weighted by Crippen LogP contribution is -1.95. The van der Waals surface area contributed by atoms with E-state index in [-0.39, 0.29) is 6.54 Å². The second-order valence-electron chi connectivity index (χ2n) is 3.20. The lowest BCUT2D eigenvalue weighted by atomic mass is 10.2. The third kappa shape index (κ3) is 1.75. The summed E-state index contributed by atoms with van der Waals surface area (Å²) in [6.45, 7) is 5.02. The third-order valence-electron chi connectivity index (χ3n) is 2.15. The minimum Gasteiger partial charge on any atom is -0.338 e. The van der Waals surface area contributed by atoms with E-state index in [1.807, 2.05) is 24.7 Å². The van der Waals surface area contributed by atoms with Crippen molar-refractivity contribution in [3.05, 3.63) is 17.8 Å². The number of nitrogens with zero attached hydrogens (tertiary/aromatic N) is 4. The van der Waals surface area contributed by atoms with Crippen LogP contribution in [0.3, 0.4) is 0 Å². The molecule has 2 heterocycles. The van der Waals surface area contributed by atoms with Crippen molar-refractivity contribution in [2.45, 2.75) is 26.9 Å². The van der Waals surface area contributed by atoms with Gasteiger partial charge in [0.25, 0.3) is 0 Å². The molecule has 0 aliphatic rings. The first-order valence-electron chi connectivity index (χ1n) is 4.81. The van der Waals surface area contributed by atoms with E-state index in [4.69, 9.17) is 10.3 Å². The quantitative estimate of drug-likeness (QED) is 0.801. The molecule has 2 N–H and O–H groups in total. The van der Waals surface area contributed by atoms with Crippen molar-refractivity contribution in [1.29, 1.82) is 0 Å². The van der Waals surface area contributed by atoms with E-state index in [0.717, 1.165) is 17.8 Å². The zero-order valence-corrected chi connectivity index (χ0v) is 8.77. The van der Waals surface area contributed by atoms with Crippen LogP contribution in [0.5, 0.6) is 0 Å². The van der Waals surface area contributed by atoms with E-state index in [2.05, 4.69) is 15.2 Å². The molecule has 0 aliphatic carbocycles. The van der Waals surface area contributed by atoms with Crippen LogP contribution in [0.25, 0.3) is 11.4 Å². The molecule has 0 bridgehead atoms. The molecular weight excluding hydrogens is 194 g/mol. The predicted molar refractivity (Wildman–Crippen MR) is 53.8 cm³/mol. The first kappa shape index (κ1) is 9.85. The summed E-state index contributed by atoms with van der Waals surface area (Å²) in [5, 5.41) is 8.15. The maximum absolute atomic E-state index is 5.39. The van der Waals surface area contributed by atoms with Crippen molar-refractivity contribution in [2.75, 3.05) is 0 Å². The monoisotopic (exact) mass is 207 g/mol. The van der Waals surface area contributed by atoms with Crippen LogP contribution in [-0.2, 0) is 13.1 Å². The SMILES string of the molecule is CCn1cc(-c2noc(CN)n2)c(C)n1. The van der Waals surface area contributed by atoms with Gasteiger partial charge < -0.3 is 10.3 Å². The Morgan fingerprint density at radius 2 is 2.33 bits per heavy atom. The molecule has 6 heteroatoms. The summed E-state index contributed by atoms with van der Waals surface area (Å²) in [6.07, 6.45) is 1.90. The van der Waals surface area contributed by atoms with Gasteiger partial charge in [-0.2, -0.15) is 10.1 Å². The molecule has 0 aromatic carbocycles. The number of rotatable bonds is 3. The highest BCUT2D eigenvalue weighted by Gasteiger charge is 2.12. The Kier molecular flexibility index (Phi) is 2.51. The van der Waals surface area contributed by atoms with Crippen LogP contribution >= 0.6 is 0 Å². The normalized spacial score (nSPS) is 10.9. The van der Waals surface area contributed by atoms with Gasteiger partial charge in [0.15, 0.2) is 0 Å². The molecule has 0 saturated heterocycles. The number of hydrogen-bond acceptors (Lipinski definition) is 5. The van der Waals surface area contributed by atoms with Gasteiger partial charge in [-0.1, -0.05) is 5.16 Å². The molecule has 2 aromatic rings. The molecule has 0 spiro atoms.